The Kier molecular flexibility index (Phi) is 2.23. The van der Waals surface area contributed by atoms with E-state index in [4.69, 9.17) is 0 Å². The Balaban J connectivity index is 2.48. The van der Waals surface area contributed by atoms with Crippen LogP contribution in [0.1, 0.15) is 26.3 Å². The molecular weight excluding hydrogens is 226 g/mol. The summed E-state index contributed by atoms with van der Waals surface area (Å²) in [4.78, 5) is 4.50. The first kappa shape index (κ1) is 10.7. The maximum Gasteiger partial charge on any atom is 0.0888 e. The second-order valence-corrected chi connectivity index (χ2v) is 6.44. The van der Waals surface area contributed by atoms with E-state index < -0.39 is 0 Å². The van der Waals surface area contributed by atoms with Crippen LogP contribution in [-0.4, -0.2) is 4.98 Å². The highest BCUT2D eigenvalue weighted by atomic mass is 32.1. The van der Waals surface area contributed by atoms with Crippen molar-refractivity contribution in [1.29, 1.82) is 0 Å². The van der Waals surface area contributed by atoms with Gasteiger partial charge in [-0.1, -0.05) is 39.0 Å². The summed E-state index contributed by atoms with van der Waals surface area (Å²) in [7, 11) is 0. The number of benzene rings is 1. The molecule has 0 fully saturated rings. The topological polar surface area (TPSA) is 12.9 Å². The molecule has 0 saturated heterocycles. The summed E-state index contributed by atoms with van der Waals surface area (Å²) in [5, 5.41) is 1.29. The Hall–Kier alpha value is -1.41. The van der Waals surface area contributed by atoms with E-state index in [-0.39, 0.29) is 5.41 Å². The van der Waals surface area contributed by atoms with Crippen molar-refractivity contribution in [2.45, 2.75) is 26.2 Å². The second kappa shape index (κ2) is 3.54. The molecule has 3 aromatic rings. The zero-order valence-electron chi connectivity index (χ0n) is 10.3. The second-order valence-electron chi connectivity index (χ2n) is 5.38. The molecule has 2 heteroatoms. The summed E-state index contributed by atoms with van der Waals surface area (Å²) in [6, 6.07) is 10.7. The number of hydrogen-bond acceptors (Lipinski definition) is 2. The summed E-state index contributed by atoms with van der Waals surface area (Å²) in [5.41, 5.74) is 2.73. The number of thiophene rings is 1. The van der Waals surface area contributed by atoms with Crippen LogP contribution in [-0.2, 0) is 5.41 Å². The molecule has 0 radical (unpaired) electrons. The van der Waals surface area contributed by atoms with Gasteiger partial charge in [0.1, 0.15) is 0 Å². The molecule has 1 aromatic carbocycles. The Morgan fingerprint density at radius 1 is 1.06 bits per heavy atom. The summed E-state index contributed by atoms with van der Waals surface area (Å²) in [5.74, 6) is 0. The van der Waals surface area contributed by atoms with Crippen LogP contribution in [0.4, 0.5) is 0 Å². The van der Waals surface area contributed by atoms with Gasteiger partial charge in [0.25, 0.3) is 0 Å². The third-order valence-electron chi connectivity index (χ3n) is 3.06. The molecule has 0 N–H and O–H groups in total. The normalized spacial score (nSPS) is 12.4. The lowest BCUT2D eigenvalue weighted by molar-refractivity contribution is 0.597. The average molecular weight is 241 g/mol. The van der Waals surface area contributed by atoms with Crippen molar-refractivity contribution in [1.82, 2.24) is 4.98 Å². The minimum Gasteiger partial charge on any atom is -0.255 e. The Labute approximate surface area is 105 Å². The van der Waals surface area contributed by atoms with Crippen LogP contribution in [0.25, 0.3) is 20.3 Å². The third-order valence-corrected chi connectivity index (χ3v) is 4.25. The number of rotatable bonds is 0. The molecular formula is C15H15NS. The molecule has 0 aliphatic carbocycles. The monoisotopic (exact) mass is 241 g/mol. The fourth-order valence-electron chi connectivity index (χ4n) is 2.21. The number of fused-ring (bicyclic) bond motifs is 3. The standard InChI is InChI=1S/C15H15NS/c1-15(2,3)11-7-4-6-10-13-12(17-14(10)11)8-5-9-16-13/h4-9H,1-3H3. The van der Waals surface area contributed by atoms with Gasteiger partial charge in [0, 0.05) is 16.3 Å². The first-order chi connectivity index (χ1) is 8.07. The molecule has 0 unspecified atom stereocenters. The first-order valence-corrected chi connectivity index (χ1v) is 6.66. The zero-order chi connectivity index (χ0) is 12.0. The van der Waals surface area contributed by atoms with Gasteiger partial charge in [0.2, 0.25) is 0 Å². The Morgan fingerprint density at radius 2 is 1.88 bits per heavy atom. The molecule has 0 aliphatic heterocycles. The fourth-order valence-corrected chi connectivity index (χ4v) is 3.59. The van der Waals surface area contributed by atoms with Crippen molar-refractivity contribution in [2.75, 3.05) is 0 Å². The highest BCUT2D eigenvalue weighted by Crippen LogP contribution is 2.38. The largest absolute Gasteiger partial charge is 0.255 e. The highest BCUT2D eigenvalue weighted by molar-refractivity contribution is 7.26. The minimum absolute atomic E-state index is 0.181. The molecule has 0 bridgehead atoms. The van der Waals surface area contributed by atoms with E-state index in [2.05, 4.69) is 50.0 Å². The van der Waals surface area contributed by atoms with Crippen LogP contribution in [0, 0.1) is 0 Å². The molecule has 1 nitrogen and oxygen atoms in total. The fraction of sp³-hybridized carbons (Fsp3) is 0.267. The zero-order valence-corrected chi connectivity index (χ0v) is 11.1. The smallest absolute Gasteiger partial charge is 0.0888 e. The molecule has 0 spiro atoms. The summed E-state index contributed by atoms with van der Waals surface area (Å²) < 4.78 is 2.66. The van der Waals surface area contributed by atoms with Crippen LogP contribution in [0.15, 0.2) is 36.5 Å². The van der Waals surface area contributed by atoms with Crippen molar-refractivity contribution in [3.8, 4) is 0 Å². The molecule has 0 amide bonds. The molecule has 2 aromatic heterocycles. The van der Waals surface area contributed by atoms with Crippen LogP contribution in [0.3, 0.4) is 0 Å². The SMILES string of the molecule is CC(C)(C)c1cccc2c1sc1cccnc12. The van der Waals surface area contributed by atoms with E-state index in [1.54, 1.807) is 0 Å². The summed E-state index contributed by atoms with van der Waals surface area (Å²) >= 11 is 1.85. The van der Waals surface area contributed by atoms with Crippen LogP contribution in [0.2, 0.25) is 0 Å². The quantitative estimate of drug-likeness (QED) is 0.553. The van der Waals surface area contributed by atoms with Crippen molar-refractivity contribution in [3.63, 3.8) is 0 Å². The van der Waals surface area contributed by atoms with Crippen molar-refractivity contribution < 1.29 is 0 Å². The number of pyridine rings is 1. The van der Waals surface area contributed by atoms with Gasteiger partial charge in [0.15, 0.2) is 0 Å². The van der Waals surface area contributed by atoms with Crippen molar-refractivity contribution in [2.24, 2.45) is 0 Å². The molecule has 17 heavy (non-hydrogen) atoms. The lowest BCUT2D eigenvalue weighted by Crippen LogP contribution is -2.10. The van der Waals surface area contributed by atoms with Gasteiger partial charge >= 0.3 is 0 Å². The molecule has 0 aliphatic rings. The Morgan fingerprint density at radius 3 is 2.65 bits per heavy atom. The number of aromatic nitrogens is 1. The van der Waals surface area contributed by atoms with Crippen LogP contribution >= 0.6 is 11.3 Å². The van der Waals surface area contributed by atoms with Crippen molar-refractivity contribution in [3.05, 3.63) is 42.1 Å². The van der Waals surface area contributed by atoms with Gasteiger partial charge in [-0.25, -0.2) is 0 Å². The van der Waals surface area contributed by atoms with Gasteiger partial charge in [-0.2, -0.15) is 0 Å². The van der Waals surface area contributed by atoms with E-state index in [0.29, 0.717) is 0 Å². The van der Waals surface area contributed by atoms with E-state index in [1.165, 1.54) is 20.3 Å². The van der Waals surface area contributed by atoms with E-state index in [1.807, 2.05) is 23.6 Å². The lowest BCUT2D eigenvalue weighted by Gasteiger charge is -2.19. The Bertz CT molecular complexity index is 689. The summed E-state index contributed by atoms with van der Waals surface area (Å²) in [6.45, 7) is 6.79. The number of nitrogens with zero attached hydrogens (tertiary/aromatic N) is 1. The minimum atomic E-state index is 0.181. The molecule has 0 saturated carbocycles. The summed E-state index contributed by atoms with van der Waals surface area (Å²) in [6.07, 6.45) is 1.87. The maximum atomic E-state index is 4.50. The molecule has 86 valence electrons. The third kappa shape index (κ3) is 1.64. The van der Waals surface area contributed by atoms with E-state index >= 15 is 0 Å². The van der Waals surface area contributed by atoms with Gasteiger partial charge in [-0.15, -0.1) is 11.3 Å². The van der Waals surface area contributed by atoms with Gasteiger partial charge in [0.05, 0.1) is 10.2 Å². The first-order valence-electron chi connectivity index (χ1n) is 5.84. The molecule has 2 heterocycles. The van der Waals surface area contributed by atoms with Gasteiger partial charge < -0.3 is 0 Å². The molecule has 3 rings (SSSR count). The van der Waals surface area contributed by atoms with Gasteiger partial charge in [-0.05, 0) is 23.1 Å². The maximum absolute atomic E-state index is 4.50. The number of hydrogen-bond donors (Lipinski definition) is 0. The average Bonchev–Trinajstić information content (AvgIpc) is 2.65. The van der Waals surface area contributed by atoms with Gasteiger partial charge in [-0.3, -0.25) is 4.98 Å². The van der Waals surface area contributed by atoms with E-state index in [0.717, 1.165) is 5.52 Å². The lowest BCUT2D eigenvalue weighted by atomic mass is 9.86. The van der Waals surface area contributed by atoms with Crippen molar-refractivity contribution >= 4 is 31.6 Å². The predicted molar refractivity (Wildman–Crippen MR) is 75.8 cm³/mol. The highest BCUT2D eigenvalue weighted by Gasteiger charge is 2.19. The molecule has 0 atom stereocenters. The van der Waals surface area contributed by atoms with E-state index in [9.17, 15) is 0 Å². The van der Waals surface area contributed by atoms with Crippen LogP contribution in [0.5, 0.6) is 0 Å². The van der Waals surface area contributed by atoms with Crippen LogP contribution < -0.4 is 0 Å². The predicted octanol–water partition coefficient (Wildman–Crippen LogP) is 4.75.